The highest BCUT2D eigenvalue weighted by molar-refractivity contribution is 6.45. The molecule has 1 saturated heterocycles. The standard InChI is InChI=1S/C22H24Cl2N4O5/c1-31-18(29)6-10-33-16-5-8-28(21(16)22(30)32-2)17-11-15(27-9-7-25-12-27)13-3-4-14(23)19(24)20(13)26-17/h3-4,7,9,11-12,16,18,21,29H,5-6,8,10H2,1-2H3/t16-,18?,21-/m0/s1. The molecule has 0 aliphatic carbocycles. The summed E-state index contributed by atoms with van der Waals surface area (Å²) in [6.45, 7) is 0.741. The van der Waals surface area contributed by atoms with Crippen molar-refractivity contribution in [2.45, 2.75) is 31.3 Å². The van der Waals surface area contributed by atoms with Gasteiger partial charge in [0.05, 0.1) is 47.4 Å². The number of imidazole rings is 1. The molecule has 0 spiro atoms. The lowest BCUT2D eigenvalue weighted by Crippen LogP contribution is -2.44. The Balaban J connectivity index is 1.73. The number of aromatic nitrogens is 3. The molecule has 1 fully saturated rings. The maximum atomic E-state index is 12.8. The Morgan fingerprint density at radius 3 is 2.85 bits per heavy atom. The van der Waals surface area contributed by atoms with Crippen molar-refractivity contribution in [3.8, 4) is 5.69 Å². The van der Waals surface area contributed by atoms with Crippen molar-refractivity contribution in [1.82, 2.24) is 14.5 Å². The van der Waals surface area contributed by atoms with E-state index in [-0.39, 0.29) is 13.0 Å². The number of ether oxygens (including phenoxy) is 3. The summed E-state index contributed by atoms with van der Waals surface area (Å²) in [7, 11) is 2.76. The van der Waals surface area contributed by atoms with Gasteiger partial charge in [-0.2, -0.15) is 0 Å². The Bertz CT molecular complexity index is 1130. The van der Waals surface area contributed by atoms with Crippen LogP contribution in [0.5, 0.6) is 0 Å². The number of carbonyl (C=O) groups excluding carboxylic acids is 1. The number of halogens is 2. The van der Waals surface area contributed by atoms with Crippen molar-refractivity contribution in [1.29, 1.82) is 0 Å². The molecule has 1 aromatic carbocycles. The molecule has 176 valence electrons. The minimum Gasteiger partial charge on any atom is -0.467 e. The number of aliphatic hydroxyl groups excluding tert-OH is 1. The molecule has 1 unspecified atom stereocenters. The maximum Gasteiger partial charge on any atom is 0.331 e. The molecule has 2 aromatic heterocycles. The second kappa shape index (κ2) is 10.2. The average Bonchev–Trinajstić information content (AvgIpc) is 3.51. The molecular weight excluding hydrogens is 471 g/mol. The first-order valence-corrected chi connectivity index (χ1v) is 11.1. The molecule has 0 saturated carbocycles. The molecule has 11 heteroatoms. The van der Waals surface area contributed by atoms with Crippen molar-refractivity contribution in [3.63, 3.8) is 0 Å². The minimum absolute atomic E-state index is 0.230. The number of hydrogen-bond acceptors (Lipinski definition) is 8. The number of aliphatic hydroxyl groups is 1. The smallest absolute Gasteiger partial charge is 0.331 e. The molecule has 0 radical (unpaired) electrons. The second-order valence-corrected chi connectivity index (χ2v) is 8.35. The molecule has 3 atom stereocenters. The van der Waals surface area contributed by atoms with Crippen LogP contribution >= 0.6 is 23.2 Å². The number of methoxy groups -OCH3 is 2. The van der Waals surface area contributed by atoms with Gasteiger partial charge in [0.2, 0.25) is 0 Å². The molecule has 33 heavy (non-hydrogen) atoms. The predicted octanol–water partition coefficient (Wildman–Crippen LogP) is 3.22. The first kappa shape index (κ1) is 23.7. The van der Waals surface area contributed by atoms with Gasteiger partial charge in [-0.05, 0) is 18.6 Å². The van der Waals surface area contributed by atoms with E-state index in [0.29, 0.717) is 34.3 Å². The van der Waals surface area contributed by atoms with E-state index in [4.69, 9.17) is 42.4 Å². The zero-order chi connectivity index (χ0) is 23.5. The summed E-state index contributed by atoms with van der Waals surface area (Å²) in [5.41, 5.74) is 1.31. The number of nitrogens with zero attached hydrogens (tertiary/aromatic N) is 4. The van der Waals surface area contributed by atoms with Crippen molar-refractivity contribution < 1.29 is 24.1 Å². The Morgan fingerprint density at radius 2 is 2.15 bits per heavy atom. The largest absolute Gasteiger partial charge is 0.467 e. The SMILES string of the molecule is COC(=O)[C@@H]1[C@@H](OCCC(O)OC)CCN1c1cc(-n2ccnc2)c2ccc(Cl)c(Cl)c2n1. The summed E-state index contributed by atoms with van der Waals surface area (Å²) < 4.78 is 17.7. The van der Waals surface area contributed by atoms with Gasteiger partial charge in [0.25, 0.3) is 0 Å². The van der Waals surface area contributed by atoms with E-state index >= 15 is 0 Å². The normalized spacial score (nSPS) is 19.2. The summed E-state index contributed by atoms with van der Waals surface area (Å²) in [6.07, 6.45) is 4.66. The lowest BCUT2D eigenvalue weighted by molar-refractivity contribution is -0.145. The third kappa shape index (κ3) is 4.78. The van der Waals surface area contributed by atoms with Gasteiger partial charge >= 0.3 is 5.97 Å². The van der Waals surface area contributed by atoms with Crippen LogP contribution in [0.15, 0.2) is 36.9 Å². The predicted molar refractivity (Wildman–Crippen MR) is 124 cm³/mol. The lowest BCUT2D eigenvalue weighted by Gasteiger charge is -2.28. The third-order valence-electron chi connectivity index (χ3n) is 5.67. The Morgan fingerprint density at radius 1 is 1.33 bits per heavy atom. The fourth-order valence-corrected chi connectivity index (χ4v) is 4.36. The number of hydrogen-bond donors (Lipinski definition) is 1. The molecule has 9 nitrogen and oxygen atoms in total. The van der Waals surface area contributed by atoms with E-state index in [1.54, 1.807) is 18.6 Å². The topological polar surface area (TPSA) is 98.9 Å². The van der Waals surface area contributed by atoms with E-state index in [1.807, 2.05) is 27.8 Å². The van der Waals surface area contributed by atoms with Crippen LogP contribution in [0.1, 0.15) is 12.8 Å². The fourth-order valence-electron chi connectivity index (χ4n) is 4.00. The van der Waals surface area contributed by atoms with Gasteiger partial charge in [-0.15, -0.1) is 0 Å². The Labute approximate surface area is 200 Å². The lowest BCUT2D eigenvalue weighted by atomic mass is 10.1. The number of esters is 1. The Kier molecular flexibility index (Phi) is 7.35. The van der Waals surface area contributed by atoms with Crippen LogP contribution in [0.25, 0.3) is 16.6 Å². The van der Waals surface area contributed by atoms with Gasteiger partial charge in [0, 0.05) is 43.9 Å². The highest BCUT2D eigenvalue weighted by atomic mass is 35.5. The van der Waals surface area contributed by atoms with E-state index in [9.17, 15) is 9.90 Å². The molecule has 3 heterocycles. The second-order valence-electron chi connectivity index (χ2n) is 7.57. The van der Waals surface area contributed by atoms with Gasteiger partial charge < -0.3 is 28.8 Å². The van der Waals surface area contributed by atoms with Crippen LogP contribution in [-0.4, -0.2) is 71.4 Å². The number of benzene rings is 1. The number of fused-ring (bicyclic) bond motifs is 1. The van der Waals surface area contributed by atoms with Crippen LogP contribution in [0, 0.1) is 0 Å². The minimum atomic E-state index is -0.925. The first-order valence-electron chi connectivity index (χ1n) is 10.4. The summed E-state index contributed by atoms with van der Waals surface area (Å²) in [6, 6.07) is 4.73. The molecule has 0 bridgehead atoms. The van der Waals surface area contributed by atoms with E-state index < -0.39 is 24.4 Å². The summed E-state index contributed by atoms with van der Waals surface area (Å²) in [5, 5.41) is 11.1. The molecule has 4 rings (SSSR count). The summed E-state index contributed by atoms with van der Waals surface area (Å²) in [4.78, 5) is 23.5. The zero-order valence-corrected chi connectivity index (χ0v) is 19.7. The third-order valence-corrected chi connectivity index (χ3v) is 6.46. The maximum absolute atomic E-state index is 12.8. The van der Waals surface area contributed by atoms with Gasteiger partial charge in [-0.1, -0.05) is 23.2 Å². The summed E-state index contributed by atoms with van der Waals surface area (Å²) >= 11 is 12.8. The highest BCUT2D eigenvalue weighted by Gasteiger charge is 2.42. The number of pyridine rings is 1. The molecule has 1 aliphatic heterocycles. The van der Waals surface area contributed by atoms with Crippen LogP contribution in [0.4, 0.5) is 5.82 Å². The monoisotopic (exact) mass is 494 g/mol. The van der Waals surface area contributed by atoms with E-state index in [0.717, 1.165) is 11.1 Å². The molecular formula is C22H24Cl2N4O5. The van der Waals surface area contributed by atoms with Crippen LogP contribution in [0.3, 0.4) is 0 Å². The van der Waals surface area contributed by atoms with Crippen molar-refractivity contribution in [2.75, 3.05) is 32.3 Å². The van der Waals surface area contributed by atoms with Gasteiger partial charge in [0.15, 0.2) is 12.3 Å². The summed E-state index contributed by atoms with van der Waals surface area (Å²) in [5.74, 6) is 0.0989. The van der Waals surface area contributed by atoms with Gasteiger partial charge in [-0.25, -0.2) is 14.8 Å². The average molecular weight is 495 g/mol. The number of carbonyl (C=O) groups is 1. The number of anilines is 1. The van der Waals surface area contributed by atoms with Crippen LogP contribution < -0.4 is 4.90 Å². The zero-order valence-electron chi connectivity index (χ0n) is 18.1. The molecule has 1 aliphatic rings. The van der Waals surface area contributed by atoms with E-state index in [1.165, 1.54) is 14.2 Å². The van der Waals surface area contributed by atoms with Gasteiger partial charge in [0.1, 0.15) is 5.82 Å². The van der Waals surface area contributed by atoms with E-state index in [2.05, 4.69) is 4.98 Å². The van der Waals surface area contributed by atoms with Crippen molar-refractivity contribution in [3.05, 3.63) is 47.0 Å². The van der Waals surface area contributed by atoms with Gasteiger partial charge in [-0.3, -0.25) is 0 Å². The van der Waals surface area contributed by atoms with Crippen molar-refractivity contribution in [2.24, 2.45) is 0 Å². The molecule has 3 aromatic rings. The number of rotatable bonds is 8. The molecule has 0 amide bonds. The quantitative estimate of drug-likeness (QED) is 0.376. The molecule has 1 N–H and O–H groups in total. The first-order chi connectivity index (χ1) is 15.9. The highest BCUT2D eigenvalue weighted by Crippen LogP contribution is 2.36. The Hall–Kier alpha value is -2.43. The van der Waals surface area contributed by atoms with Crippen molar-refractivity contribution >= 4 is 45.9 Å². The van der Waals surface area contributed by atoms with Crippen LogP contribution in [-0.2, 0) is 19.0 Å². The van der Waals surface area contributed by atoms with Crippen LogP contribution in [0.2, 0.25) is 10.0 Å². The fraction of sp³-hybridized carbons (Fsp3) is 0.409.